The smallest absolute Gasteiger partial charge is 0.270 e. The molecular formula is C25H34N6O. The van der Waals surface area contributed by atoms with Gasteiger partial charge in [-0.1, -0.05) is 12.5 Å². The molecule has 1 aromatic carbocycles. The van der Waals surface area contributed by atoms with Crippen LogP contribution in [0, 0.1) is 5.41 Å². The van der Waals surface area contributed by atoms with Crippen LogP contribution in [0.25, 0.3) is 11.1 Å². The van der Waals surface area contributed by atoms with Crippen LogP contribution >= 0.6 is 0 Å². The molecule has 1 amide bonds. The first-order chi connectivity index (χ1) is 15.5. The second-order valence-electron chi connectivity index (χ2n) is 9.15. The molecule has 2 saturated heterocycles. The van der Waals surface area contributed by atoms with Crippen molar-refractivity contribution >= 4 is 17.3 Å². The summed E-state index contributed by atoms with van der Waals surface area (Å²) in [4.78, 5) is 21.9. The topological polar surface area (TPSA) is 98.3 Å². The highest BCUT2D eigenvalue weighted by Crippen LogP contribution is 2.25. The quantitative estimate of drug-likeness (QED) is 0.480. The lowest BCUT2D eigenvalue weighted by Gasteiger charge is -2.29. The summed E-state index contributed by atoms with van der Waals surface area (Å²) < 4.78 is 0. The highest BCUT2D eigenvalue weighted by molar-refractivity contribution is 6.45. The van der Waals surface area contributed by atoms with Crippen molar-refractivity contribution in [2.24, 2.45) is 0 Å². The maximum Gasteiger partial charge on any atom is 0.270 e. The number of nitrogens with one attached hydrogen (secondary N) is 2. The van der Waals surface area contributed by atoms with Crippen molar-refractivity contribution < 1.29 is 4.79 Å². The van der Waals surface area contributed by atoms with Gasteiger partial charge < -0.3 is 16.0 Å². The first-order valence-electron chi connectivity index (χ1n) is 11.6. The van der Waals surface area contributed by atoms with Crippen molar-refractivity contribution in [3.8, 4) is 11.1 Å². The van der Waals surface area contributed by atoms with E-state index in [0.29, 0.717) is 11.3 Å². The van der Waals surface area contributed by atoms with Gasteiger partial charge in [-0.15, -0.1) is 0 Å². The van der Waals surface area contributed by atoms with Gasteiger partial charge in [0.25, 0.3) is 5.91 Å². The number of piperidine rings is 2. The number of amides is 1. The molecule has 2 aliphatic heterocycles. The van der Waals surface area contributed by atoms with E-state index in [9.17, 15) is 4.79 Å². The van der Waals surface area contributed by atoms with Crippen molar-refractivity contribution in [3.05, 3.63) is 47.8 Å². The summed E-state index contributed by atoms with van der Waals surface area (Å²) in [6.07, 6.45) is 9.40. The van der Waals surface area contributed by atoms with Gasteiger partial charge >= 0.3 is 0 Å². The molecule has 2 fully saturated rings. The molecule has 32 heavy (non-hydrogen) atoms. The second-order valence-corrected chi connectivity index (χ2v) is 9.15. The van der Waals surface area contributed by atoms with Crippen LogP contribution in [0.2, 0.25) is 0 Å². The van der Waals surface area contributed by atoms with Gasteiger partial charge in [0, 0.05) is 41.8 Å². The van der Waals surface area contributed by atoms with Crippen molar-refractivity contribution in [1.29, 1.82) is 5.41 Å². The molecule has 0 spiro atoms. The van der Waals surface area contributed by atoms with Gasteiger partial charge in [-0.2, -0.15) is 0 Å². The number of aromatic nitrogens is 1. The number of nitrogens with two attached hydrogens (primary N) is 1. The number of anilines is 1. The number of nitrogens with zero attached hydrogens (tertiary/aromatic N) is 3. The predicted molar refractivity (Wildman–Crippen MR) is 129 cm³/mol. The molecular weight excluding hydrogens is 400 g/mol. The molecule has 170 valence electrons. The predicted octanol–water partition coefficient (Wildman–Crippen LogP) is 2.89. The fraction of sp³-hybridized carbons (Fsp3) is 0.480. The largest absolute Gasteiger partial charge is 0.398 e. The maximum absolute atomic E-state index is 12.7. The number of hydrogen-bond donors (Lipinski definition) is 3. The van der Waals surface area contributed by atoms with Gasteiger partial charge in [-0.05, 0) is 88.2 Å². The zero-order valence-corrected chi connectivity index (χ0v) is 18.9. The number of carbonyl (C=O) groups excluding carboxylic acids is 1. The molecule has 0 atom stereocenters. The zero-order valence-electron chi connectivity index (χ0n) is 18.9. The van der Waals surface area contributed by atoms with E-state index in [1.54, 1.807) is 6.07 Å². The Morgan fingerprint density at radius 1 is 1.09 bits per heavy atom. The number of benzene rings is 1. The van der Waals surface area contributed by atoms with Gasteiger partial charge in [0.15, 0.2) is 0 Å². The van der Waals surface area contributed by atoms with Crippen LogP contribution in [0.15, 0.2) is 36.7 Å². The summed E-state index contributed by atoms with van der Waals surface area (Å²) in [5.41, 5.74) is 10.1. The van der Waals surface area contributed by atoms with Gasteiger partial charge in [0.1, 0.15) is 5.71 Å². The summed E-state index contributed by atoms with van der Waals surface area (Å²) >= 11 is 0. The van der Waals surface area contributed by atoms with Crippen LogP contribution in [0.5, 0.6) is 0 Å². The first kappa shape index (κ1) is 22.4. The minimum Gasteiger partial charge on any atom is -0.398 e. The number of pyridine rings is 1. The van der Waals surface area contributed by atoms with Gasteiger partial charge in [0.05, 0.1) is 0 Å². The minimum atomic E-state index is -0.361. The first-order valence-corrected chi connectivity index (χ1v) is 11.6. The summed E-state index contributed by atoms with van der Waals surface area (Å²) in [5.74, 6) is -0.361. The van der Waals surface area contributed by atoms with Crippen molar-refractivity contribution in [1.82, 2.24) is 20.1 Å². The van der Waals surface area contributed by atoms with E-state index < -0.39 is 0 Å². The Morgan fingerprint density at radius 3 is 2.59 bits per heavy atom. The molecule has 2 aliphatic rings. The molecule has 4 rings (SSSR count). The average Bonchev–Trinajstić information content (AvgIpc) is 2.81. The van der Waals surface area contributed by atoms with Crippen LogP contribution in [0.1, 0.15) is 43.2 Å². The number of carbonyl (C=O) groups is 1. The molecule has 0 radical (unpaired) electrons. The van der Waals surface area contributed by atoms with Gasteiger partial charge in [-0.3, -0.25) is 20.1 Å². The molecule has 0 bridgehead atoms. The third-order valence-corrected chi connectivity index (χ3v) is 6.59. The fourth-order valence-corrected chi connectivity index (χ4v) is 4.59. The molecule has 7 heteroatoms. The maximum atomic E-state index is 12.7. The normalized spacial score (nSPS) is 18.4. The minimum absolute atomic E-state index is 0.0827. The SMILES string of the molecule is CN1CCC(NC(=O)C(=N)c2cc(-c3cncc(CN4CCCCC4)c3)ccc2N)CC1. The zero-order chi connectivity index (χ0) is 22.5. The molecule has 0 unspecified atom stereocenters. The highest BCUT2D eigenvalue weighted by Gasteiger charge is 2.22. The lowest BCUT2D eigenvalue weighted by molar-refractivity contribution is -0.115. The molecule has 4 N–H and O–H groups in total. The van der Waals surface area contributed by atoms with E-state index >= 15 is 0 Å². The summed E-state index contributed by atoms with van der Waals surface area (Å²) in [6.45, 7) is 5.09. The Morgan fingerprint density at radius 2 is 1.84 bits per heavy atom. The summed E-state index contributed by atoms with van der Waals surface area (Å²) in [5, 5.41) is 11.5. The Balaban J connectivity index is 1.48. The molecule has 7 nitrogen and oxygen atoms in total. The lowest BCUT2D eigenvalue weighted by atomic mass is 9.98. The Bertz CT molecular complexity index is 961. The van der Waals surface area contributed by atoms with E-state index in [-0.39, 0.29) is 17.7 Å². The van der Waals surface area contributed by atoms with E-state index in [4.69, 9.17) is 11.1 Å². The Kier molecular flexibility index (Phi) is 7.17. The third-order valence-electron chi connectivity index (χ3n) is 6.59. The van der Waals surface area contributed by atoms with Gasteiger partial charge in [0.2, 0.25) is 0 Å². The van der Waals surface area contributed by atoms with E-state index in [0.717, 1.165) is 56.7 Å². The van der Waals surface area contributed by atoms with Crippen LogP contribution in [0.3, 0.4) is 0 Å². The molecule has 0 aliphatic carbocycles. The van der Waals surface area contributed by atoms with Crippen molar-refractivity contribution in [2.45, 2.75) is 44.7 Å². The number of rotatable bonds is 6. The van der Waals surface area contributed by atoms with Crippen LogP contribution in [-0.2, 0) is 11.3 Å². The highest BCUT2D eigenvalue weighted by atomic mass is 16.1. The third kappa shape index (κ3) is 5.53. The van der Waals surface area contributed by atoms with E-state index in [2.05, 4.69) is 33.2 Å². The number of likely N-dealkylation sites (tertiary alicyclic amines) is 2. The Hall–Kier alpha value is -2.77. The number of hydrogen-bond acceptors (Lipinski definition) is 6. The Labute approximate surface area is 190 Å². The molecule has 1 aromatic heterocycles. The molecule has 2 aromatic rings. The second kappa shape index (κ2) is 10.2. The standard InChI is InChI=1S/C25H34N6O/c1-30-11-7-21(8-12-30)29-25(32)24(27)22-14-19(5-6-23(22)26)20-13-18(15-28-16-20)17-31-9-3-2-4-10-31/h5-6,13-16,21,27H,2-4,7-12,17,26H2,1H3,(H,29,32). The summed E-state index contributed by atoms with van der Waals surface area (Å²) in [6, 6.07) is 7.81. The molecule has 3 heterocycles. The lowest BCUT2D eigenvalue weighted by Crippen LogP contribution is -2.45. The van der Waals surface area contributed by atoms with Crippen molar-refractivity contribution in [3.63, 3.8) is 0 Å². The van der Waals surface area contributed by atoms with Crippen LogP contribution in [0.4, 0.5) is 5.69 Å². The monoisotopic (exact) mass is 434 g/mol. The number of nitrogen functional groups attached to an aromatic ring is 1. The van der Waals surface area contributed by atoms with E-state index in [1.165, 1.54) is 24.8 Å². The van der Waals surface area contributed by atoms with Gasteiger partial charge in [-0.25, -0.2) is 0 Å². The van der Waals surface area contributed by atoms with Crippen LogP contribution < -0.4 is 11.1 Å². The molecule has 0 saturated carbocycles. The fourth-order valence-electron chi connectivity index (χ4n) is 4.59. The van der Waals surface area contributed by atoms with Crippen LogP contribution in [-0.4, -0.2) is 65.7 Å². The van der Waals surface area contributed by atoms with Crippen molar-refractivity contribution in [2.75, 3.05) is 39.0 Å². The average molecular weight is 435 g/mol. The summed E-state index contributed by atoms with van der Waals surface area (Å²) in [7, 11) is 2.09. The van der Waals surface area contributed by atoms with E-state index in [1.807, 2.05) is 24.5 Å².